The van der Waals surface area contributed by atoms with Crippen LogP contribution in [0.1, 0.15) is 51.9 Å². The van der Waals surface area contributed by atoms with Crippen LogP contribution in [0.15, 0.2) is 12.1 Å². The normalized spacial score (nSPS) is 19.7. The van der Waals surface area contributed by atoms with E-state index in [9.17, 15) is 9.90 Å². The summed E-state index contributed by atoms with van der Waals surface area (Å²) in [7, 11) is 0. The molecule has 0 unspecified atom stereocenters. The maximum Gasteiger partial charge on any atom is 0.256 e. The molecule has 3 N–H and O–H groups in total. The maximum absolute atomic E-state index is 12.9. The average Bonchev–Trinajstić information content (AvgIpc) is 2.95. The number of aromatic hydroxyl groups is 1. The fourth-order valence-electron chi connectivity index (χ4n) is 3.71. The van der Waals surface area contributed by atoms with Gasteiger partial charge in [0.05, 0.1) is 5.56 Å². The van der Waals surface area contributed by atoms with Gasteiger partial charge >= 0.3 is 0 Å². The number of hydrogen-bond donors (Lipinski definition) is 3. The molecule has 1 aromatic carbocycles. The molecule has 1 atom stereocenters. The number of amides is 1. The molecular weight excluding hydrogens is 461 g/mol. The van der Waals surface area contributed by atoms with Crippen LogP contribution in [-0.2, 0) is 13.0 Å². The molecule has 138 valence electrons. The summed E-state index contributed by atoms with van der Waals surface area (Å²) in [6.07, 6.45) is 0.497. The highest BCUT2D eigenvalue weighted by Gasteiger charge is 2.34. The number of carbonyl (C=O) groups excluding carboxylic acids is 1. The van der Waals surface area contributed by atoms with E-state index in [1.54, 1.807) is 11.3 Å². The van der Waals surface area contributed by atoms with E-state index in [0.717, 1.165) is 39.2 Å². The number of nitrogens with zero attached hydrogens (tertiary/aromatic N) is 1. The second-order valence-corrected chi connectivity index (χ2v) is 9.58. The highest BCUT2D eigenvalue weighted by molar-refractivity contribution is 14.1. The first-order chi connectivity index (χ1) is 12.3. The van der Waals surface area contributed by atoms with Crippen molar-refractivity contribution in [1.29, 1.82) is 0 Å². The summed E-state index contributed by atoms with van der Waals surface area (Å²) in [5.41, 5.74) is 3.51. The van der Waals surface area contributed by atoms with Crippen molar-refractivity contribution >= 4 is 44.8 Å². The van der Waals surface area contributed by atoms with Gasteiger partial charge in [-0.25, -0.2) is 0 Å². The molecule has 1 aromatic heterocycles. The fourth-order valence-corrected chi connectivity index (χ4v) is 5.81. The Bertz CT molecular complexity index is 893. The Morgan fingerprint density at radius 2 is 2.12 bits per heavy atom. The SMILES string of the molecule is Cc1cc(I)cc([C@@H]2NC(=O)c3c(sc4c3CCN(C(C)C)C4)N2)c1O. The minimum atomic E-state index is -0.412. The van der Waals surface area contributed by atoms with Gasteiger partial charge in [-0.2, -0.15) is 0 Å². The third-order valence-corrected chi connectivity index (χ3v) is 6.97. The number of nitrogens with one attached hydrogen (secondary N) is 2. The van der Waals surface area contributed by atoms with Crippen LogP contribution in [0.3, 0.4) is 0 Å². The minimum absolute atomic E-state index is 0.0461. The Morgan fingerprint density at radius 1 is 1.35 bits per heavy atom. The van der Waals surface area contributed by atoms with Crippen molar-refractivity contribution in [1.82, 2.24) is 10.2 Å². The number of fused-ring (bicyclic) bond motifs is 3. The van der Waals surface area contributed by atoms with Crippen LogP contribution in [-0.4, -0.2) is 28.5 Å². The number of phenolic OH excluding ortho intramolecular Hbond substituents is 1. The number of benzene rings is 1. The zero-order valence-electron chi connectivity index (χ0n) is 15.0. The van der Waals surface area contributed by atoms with Crippen LogP contribution in [0, 0.1) is 10.5 Å². The number of thiophene rings is 1. The predicted molar refractivity (Wildman–Crippen MR) is 113 cm³/mol. The van der Waals surface area contributed by atoms with Gasteiger partial charge in [0, 0.05) is 33.1 Å². The van der Waals surface area contributed by atoms with Gasteiger partial charge < -0.3 is 15.7 Å². The first-order valence-corrected chi connectivity index (χ1v) is 10.7. The number of phenols is 1. The molecule has 0 saturated heterocycles. The minimum Gasteiger partial charge on any atom is -0.507 e. The van der Waals surface area contributed by atoms with Crippen LogP contribution in [0.4, 0.5) is 5.00 Å². The summed E-state index contributed by atoms with van der Waals surface area (Å²) in [6.45, 7) is 8.18. The third-order valence-electron chi connectivity index (χ3n) is 5.20. The van der Waals surface area contributed by atoms with E-state index in [0.29, 0.717) is 11.6 Å². The van der Waals surface area contributed by atoms with Crippen molar-refractivity contribution < 1.29 is 9.90 Å². The lowest BCUT2D eigenvalue weighted by Crippen LogP contribution is -2.39. The molecule has 2 aromatic rings. The lowest BCUT2D eigenvalue weighted by Gasteiger charge is -2.31. The van der Waals surface area contributed by atoms with Crippen molar-refractivity contribution in [3.8, 4) is 5.75 Å². The molecule has 0 fully saturated rings. The van der Waals surface area contributed by atoms with Crippen molar-refractivity contribution in [3.63, 3.8) is 0 Å². The van der Waals surface area contributed by atoms with Crippen molar-refractivity contribution in [2.75, 3.05) is 11.9 Å². The van der Waals surface area contributed by atoms with Crippen LogP contribution < -0.4 is 10.6 Å². The number of carbonyl (C=O) groups is 1. The molecule has 7 heteroatoms. The van der Waals surface area contributed by atoms with E-state index in [-0.39, 0.29) is 11.7 Å². The first-order valence-electron chi connectivity index (χ1n) is 8.80. The van der Waals surface area contributed by atoms with E-state index < -0.39 is 6.17 Å². The zero-order valence-corrected chi connectivity index (χ0v) is 18.0. The molecular formula is C19H22IN3O2S. The topological polar surface area (TPSA) is 64.6 Å². The van der Waals surface area contributed by atoms with Gasteiger partial charge in [0.15, 0.2) is 0 Å². The Balaban J connectivity index is 1.69. The Kier molecular flexibility index (Phi) is 4.65. The summed E-state index contributed by atoms with van der Waals surface area (Å²) >= 11 is 3.91. The van der Waals surface area contributed by atoms with Crippen LogP contribution >= 0.6 is 33.9 Å². The second kappa shape index (κ2) is 6.69. The molecule has 0 spiro atoms. The van der Waals surface area contributed by atoms with E-state index in [1.165, 1.54) is 10.4 Å². The summed E-state index contributed by atoms with van der Waals surface area (Å²) in [5.74, 6) is 0.189. The maximum atomic E-state index is 12.9. The molecule has 3 heterocycles. The van der Waals surface area contributed by atoms with E-state index in [2.05, 4.69) is 52.0 Å². The van der Waals surface area contributed by atoms with E-state index >= 15 is 0 Å². The molecule has 1 amide bonds. The van der Waals surface area contributed by atoms with Gasteiger partial charge in [-0.1, -0.05) is 0 Å². The van der Waals surface area contributed by atoms with Crippen molar-refractivity contribution in [2.24, 2.45) is 0 Å². The quantitative estimate of drug-likeness (QED) is 0.566. The zero-order chi connectivity index (χ0) is 18.6. The predicted octanol–water partition coefficient (Wildman–Crippen LogP) is 3.99. The number of hydrogen-bond acceptors (Lipinski definition) is 5. The molecule has 4 rings (SSSR count). The van der Waals surface area contributed by atoms with Gasteiger partial charge in [0.1, 0.15) is 16.9 Å². The molecule has 0 bridgehead atoms. The first kappa shape index (κ1) is 18.1. The Morgan fingerprint density at radius 3 is 2.85 bits per heavy atom. The summed E-state index contributed by atoms with van der Waals surface area (Å²) < 4.78 is 1.03. The van der Waals surface area contributed by atoms with Gasteiger partial charge in [0.25, 0.3) is 5.91 Å². The number of rotatable bonds is 2. The molecule has 0 radical (unpaired) electrons. The van der Waals surface area contributed by atoms with Crippen LogP contribution in [0.2, 0.25) is 0 Å². The number of halogens is 1. The van der Waals surface area contributed by atoms with Crippen LogP contribution in [0.25, 0.3) is 0 Å². The third kappa shape index (κ3) is 2.99. The van der Waals surface area contributed by atoms with Gasteiger partial charge in [-0.3, -0.25) is 9.69 Å². The Hall–Kier alpha value is -1.32. The largest absolute Gasteiger partial charge is 0.507 e. The lowest BCUT2D eigenvalue weighted by molar-refractivity contribution is 0.0934. The van der Waals surface area contributed by atoms with E-state index in [1.807, 2.05) is 19.1 Å². The van der Waals surface area contributed by atoms with Crippen LogP contribution in [0.5, 0.6) is 5.75 Å². The van der Waals surface area contributed by atoms with Crippen molar-refractivity contribution in [2.45, 2.75) is 45.9 Å². The summed E-state index contributed by atoms with van der Waals surface area (Å²) in [5, 5.41) is 17.9. The highest BCUT2D eigenvalue weighted by Crippen LogP contribution is 2.42. The fraction of sp³-hybridized carbons (Fsp3) is 0.421. The standard InChI is InChI=1S/C19H22IN3O2S/c1-9(2)23-5-4-12-14(8-23)26-19-15(12)18(25)21-17(22-19)13-7-11(20)6-10(3)16(13)24/h6-7,9,17,22,24H,4-5,8H2,1-3H3,(H,21,25)/t17-/m1/s1. The summed E-state index contributed by atoms with van der Waals surface area (Å²) in [6, 6.07) is 4.35. The average molecular weight is 483 g/mol. The van der Waals surface area contributed by atoms with Gasteiger partial charge in [0.2, 0.25) is 0 Å². The second-order valence-electron chi connectivity index (χ2n) is 7.23. The monoisotopic (exact) mass is 483 g/mol. The number of aryl methyl sites for hydroxylation is 1. The Labute approximate surface area is 170 Å². The molecule has 0 saturated carbocycles. The molecule has 26 heavy (non-hydrogen) atoms. The van der Waals surface area contributed by atoms with Gasteiger partial charge in [-0.05, 0) is 73.0 Å². The smallest absolute Gasteiger partial charge is 0.256 e. The van der Waals surface area contributed by atoms with Gasteiger partial charge in [-0.15, -0.1) is 11.3 Å². The van der Waals surface area contributed by atoms with Crippen molar-refractivity contribution in [3.05, 3.63) is 42.8 Å². The highest BCUT2D eigenvalue weighted by atomic mass is 127. The number of anilines is 1. The van der Waals surface area contributed by atoms with E-state index in [4.69, 9.17) is 0 Å². The molecule has 2 aliphatic heterocycles. The molecule has 0 aliphatic carbocycles. The lowest BCUT2D eigenvalue weighted by atomic mass is 9.99. The molecule has 5 nitrogen and oxygen atoms in total. The molecule has 2 aliphatic rings. The summed E-state index contributed by atoms with van der Waals surface area (Å²) in [4.78, 5) is 16.6.